The summed E-state index contributed by atoms with van der Waals surface area (Å²) in [5.41, 5.74) is 20.1. The van der Waals surface area contributed by atoms with Crippen molar-refractivity contribution in [3.8, 4) is 22.3 Å². The molecule has 0 atom stereocenters. The van der Waals surface area contributed by atoms with E-state index in [4.69, 9.17) is 0 Å². The van der Waals surface area contributed by atoms with Gasteiger partial charge in [-0.15, -0.1) is 0 Å². The second-order valence-corrected chi connectivity index (χ2v) is 20.5. The smallest absolute Gasteiger partial charge is 0.0387 e. The highest BCUT2D eigenvalue weighted by Gasteiger charge is 2.46. The van der Waals surface area contributed by atoms with Gasteiger partial charge in [0.15, 0.2) is 0 Å². The monoisotopic (exact) mass is 844 g/mol. The Morgan fingerprint density at radius 2 is 0.937 bits per heavy atom. The molecule has 1 heteroatoms. The van der Waals surface area contributed by atoms with Gasteiger partial charge in [0.1, 0.15) is 0 Å². The van der Waals surface area contributed by atoms with E-state index >= 15 is 0 Å². The second kappa shape index (κ2) is 21.9. The Kier molecular flexibility index (Phi) is 16.4. The molecule has 63 heavy (non-hydrogen) atoms. The predicted octanol–water partition coefficient (Wildman–Crippen LogP) is 19.8. The summed E-state index contributed by atoms with van der Waals surface area (Å²) in [6, 6.07) is 33.6. The van der Waals surface area contributed by atoms with Crippen molar-refractivity contribution in [2.75, 3.05) is 5.32 Å². The summed E-state index contributed by atoms with van der Waals surface area (Å²) in [6.07, 6.45) is 33.6. The number of benzene rings is 4. The van der Waals surface area contributed by atoms with Crippen molar-refractivity contribution in [1.82, 2.24) is 0 Å². The summed E-state index contributed by atoms with van der Waals surface area (Å²) in [5, 5.41) is 3.79. The average molecular weight is 844 g/mol. The molecule has 0 bridgehead atoms. The number of nitrogens with one attached hydrogen (secondary N) is 1. The summed E-state index contributed by atoms with van der Waals surface area (Å²) in [7, 11) is 0. The van der Waals surface area contributed by atoms with E-state index < -0.39 is 0 Å². The molecule has 1 N–H and O–H groups in total. The lowest BCUT2D eigenvalue weighted by Crippen LogP contribution is -2.28. The fraction of sp³-hybridized carbons (Fsp3) is 0.548. The van der Waals surface area contributed by atoms with Gasteiger partial charge in [0.25, 0.3) is 0 Å². The first kappa shape index (κ1) is 47.1. The van der Waals surface area contributed by atoms with Crippen LogP contribution in [0.15, 0.2) is 102 Å². The molecule has 3 aliphatic carbocycles. The van der Waals surface area contributed by atoms with Crippen LogP contribution in [0.2, 0.25) is 0 Å². The molecule has 0 saturated carbocycles. The van der Waals surface area contributed by atoms with Crippen molar-refractivity contribution in [2.24, 2.45) is 5.41 Å². The second-order valence-electron chi connectivity index (χ2n) is 20.5. The van der Waals surface area contributed by atoms with Gasteiger partial charge in [-0.25, -0.2) is 0 Å². The molecule has 4 aromatic carbocycles. The molecular weight excluding hydrogens is 759 g/mol. The Morgan fingerprint density at radius 3 is 1.46 bits per heavy atom. The van der Waals surface area contributed by atoms with E-state index in [0.29, 0.717) is 0 Å². The van der Waals surface area contributed by atoms with Crippen LogP contribution in [0, 0.1) is 5.41 Å². The lowest BCUT2D eigenvalue weighted by molar-refractivity contribution is 0.351. The van der Waals surface area contributed by atoms with Crippen molar-refractivity contribution >= 4 is 16.9 Å². The summed E-state index contributed by atoms with van der Waals surface area (Å²) < 4.78 is 0. The molecule has 0 aromatic heterocycles. The number of unbranched alkanes of at least 4 members (excludes halogenated alkanes) is 12. The number of hydrogen-bond acceptors (Lipinski definition) is 1. The van der Waals surface area contributed by atoms with Crippen molar-refractivity contribution in [2.45, 2.75) is 213 Å². The Bertz CT molecular complexity index is 2130. The van der Waals surface area contributed by atoms with Crippen molar-refractivity contribution in [3.05, 3.63) is 124 Å². The van der Waals surface area contributed by atoms with E-state index in [1.165, 1.54) is 182 Å². The first-order valence-corrected chi connectivity index (χ1v) is 26.5. The van der Waals surface area contributed by atoms with E-state index in [1.807, 2.05) is 0 Å². The number of hydrogen-bond donors (Lipinski definition) is 1. The average Bonchev–Trinajstić information content (AvgIpc) is 3.74. The SMILES string of the molecule is CCCCCCC1(CCCCCC)C2=C(CCC(C(C)(CC)CC)=C2)c2ccc(-c3ccc4c(c3)C(CCCCCC)(CCCCCC)c3cc(Nc5ccccc5)ccc3-4)cc21. The number of anilines is 2. The molecule has 0 spiro atoms. The number of rotatable bonds is 26. The Hall–Kier alpha value is -3.84. The molecule has 7 rings (SSSR count). The number of para-hydroxylation sites is 1. The molecule has 0 amide bonds. The molecular formula is C62H85N. The van der Waals surface area contributed by atoms with Crippen LogP contribution in [0.1, 0.15) is 225 Å². The molecule has 4 aromatic rings. The fourth-order valence-corrected chi connectivity index (χ4v) is 12.3. The molecule has 0 aliphatic heterocycles. The van der Waals surface area contributed by atoms with Gasteiger partial charge in [-0.05, 0) is 149 Å². The maximum absolute atomic E-state index is 3.79. The third-order valence-corrected chi connectivity index (χ3v) is 16.6. The zero-order valence-electron chi connectivity index (χ0n) is 41.1. The minimum absolute atomic E-state index is 0.0165. The highest BCUT2D eigenvalue weighted by Crippen LogP contribution is 2.59. The van der Waals surface area contributed by atoms with E-state index in [-0.39, 0.29) is 16.2 Å². The first-order valence-electron chi connectivity index (χ1n) is 26.5. The van der Waals surface area contributed by atoms with Crippen LogP contribution in [0.3, 0.4) is 0 Å². The zero-order chi connectivity index (χ0) is 44.3. The summed E-state index contributed by atoms with van der Waals surface area (Å²) in [6.45, 7) is 16.8. The van der Waals surface area contributed by atoms with Crippen LogP contribution in [-0.2, 0) is 10.8 Å². The lowest BCUT2D eigenvalue weighted by Gasteiger charge is -2.38. The predicted molar refractivity (Wildman–Crippen MR) is 277 cm³/mol. The van der Waals surface area contributed by atoms with Crippen LogP contribution < -0.4 is 5.32 Å². The summed E-state index contributed by atoms with van der Waals surface area (Å²) in [4.78, 5) is 0. The summed E-state index contributed by atoms with van der Waals surface area (Å²) in [5.74, 6) is 0. The molecule has 0 heterocycles. The topological polar surface area (TPSA) is 12.0 Å². The van der Waals surface area contributed by atoms with Crippen LogP contribution in [0.5, 0.6) is 0 Å². The first-order chi connectivity index (χ1) is 30.8. The van der Waals surface area contributed by atoms with E-state index in [0.717, 1.165) is 5.69 Å². The minimum atomic E-state index is 0.0165. The van der Waals surface area contributed by atoms with Crippen LogP contribution >= 0.6 is 0 Å². The molecule has 3 aliphatic rings. The fourth-order valence-electron chi connectivity index (χ4n) is 12.3. The van der Waals surface area contributed by atoms with Crippen LogP contribution in [0.4, 0.5) is 11.4 Å². The lowest BCUT2D eigenvalue weighted by atomic mass is 9.66. The van der Waals surface area contributed by atoms with Gasteiger partial charge in [-0.2, -0.15) is 0 Å². The zero-order valence-corrected chi connectivity index (χ0v) is 41.1. The third-order valence-electron chi connectivity index (χ3n) is 16.6. The summed E-state index contributed by atoms with van der Waals surface area (Å²) >= 11 is 0. The van der Waals surface area contributed by atoms with Gasteiger partial charge < -0.3 is 5.32 Å². The van der Waals surface area contributed by atoms with E-state index in [1.54, 1.807) is 39.0 Å². The van der Waals surface area contributed by atoms with E-state index in [9.17, 15) is 0 Å². The molecule has 0 saturated heterocycles. The van der Waals surface area contributed by atoms with E-state index in [2.05, 4.69) is 145 Å². The van der Waals surface area contributed by atoms with Gasteiger partial charge in [0, 0.05) is 22.2 Å². The van der Waals surface area contributed by atoms with Gasteiger partial charge in [0.05, 0.1) is 0 Å². The van der Waals surface area contributed by atoms with Crippen molar-refractivity contribution in [3.63, 3.8) is 0 Å². The van der Waals surface area contributed by atoms with Gasteiger partial charge >= 0.3 is 0 Å². The van der Waals surface area contributed by atoms with Crippen molar-refractivity contribution in [1.29, 1.82) is 0 Å². The Balaban J connectivity index is 1.35. The minimum Gasteiger partial charge on any atom is -0.356 e. The number of fused-ring (bicyclic) bond motifs is 5. The maximum atomic E-state index is 3.79. The largest absolute Gasteiger partial charge is 0.356 e. The normalized spacial score (nSPS) is 15.8. The molecule has 1 nitrogen and oxygen atoms in total. The Labute approximate surface area is 386 Å². The standard InChI is InChI=1S/C62H85N/c1-8-14-18-25-39-61(40-26-19-15-9-2)56-43-47(31-35-52(56)54-37-33-49(45-58(54)61)60(7,12-5)13-6)48-32-36-53-55-38-34-51(63-50-29-23-22-24-30-50)46-59(55)62(57(53)44-48,41-27-20-16-10-3)42-28-21-17-11-4/h22-24,29-32,34-36,38,43-46,63H,8-21,25-28,33,37,39-42H2,1-7H3. The van der Waals surface area contributed by atoms with Crippen LogP contribution in [0.25, 0.3) is 27.8 Å². The van der Waals surface area contributed by atoms with Gasteiger partial charge in [-0.3, -0.25) is 0 Å². The quantitative estimate of drug-likeness (QED) is 0.0621. The van der Waals surface area contributed by atoms with Crippen LogP contribution in [-0.4, -0.2) is 0 Å². The van der Waals surface area contributed by atoms with Gasteiger partial charge in [-0.1, -0.05) is 211 Å². The van der Waals surface area contributed by atoms with Crippen molar-refractivity contribution < 1.29 is 0 Å². The molecule has 0 unspecified atom stereocenters. The number of allylic oxidation sites excluding steroid dienone is 4. The maximum Gasteiger partial charge on any atom is 0.0387 e. The van der Waals surface area contributed by atoms with Gasteiger partial charge in [0.2, 0.25) is 0 Å². The molecule has 0 radical (unpaired) electrons. The highest BCUT2D eigenvalue weighted by molar-refractivity contribution is 5.88. The molecule has 338 valence electrons. The Morgan fingerprint density at radius 1 is 0.460 bits per heavy atom. The third kappa shape index (κ3) is 9.89. The molecule has 0 fully saturated rings. The highest BCUT2D eigenvalue weighted by atomic mass is 14.9.